The SMILES string of the molecule is C.N=C(N)N1CC=C(c2coc(C(=O)Nc3ccc(C4=CCN(C(=N)N)CC4)c(F)c3)c2)CC1. The smallest absolute Gasteiger partial charge is 0.291 e. The van der Waals surface area contributed by atoms with E-state index >= 15 is 0 Å². The van der Waals surface area contributed by atoms with E-state index in [1.165, 1.54) is 12.3 Å². The van der Waals surface area contributed by atoms with Gasteiger partial charge >= 0.3 is 0 Å². The van der Waals surface area contributed by atoms with E-state index in [0.29, 0.717) is 50.3 Å². The molecule has 0 bridgehead atoms. The first-order valence-electron chi connectivity index (χ1n) is 10.6. The lowest BCUT2D eigenvalue weighted by Crippen LogP contribution is -2.39. The van der Waals surface area contributed by atoms with Crippen molar-refractivity contribution < 1.29 is 13.6 Å². The number of benzene rings is 1. The Bertz CT molecular complexity index is 1170. The largest absolute Gasteiger partial charge is 0.459 e. The molecule has 0 radical (unpaired) electrons. The summed E-state index contributed by atoms with van der Waals surface area (Å²) in [6, 6.07) is 6.23. The van der Waals surface area contributed by atoms with E-state index < -0.39 is 11.7 Å². The quantitative estimate of drug-likeness (QED) is 0.344. The van der Waals surface area contributed by atoms with Crippen LogP contribution in [0.5, 0.6) is 0 Å². The molecule has 2 aliphatic rings. The number of furan rings is 1. The van der Waals surface area contributed by atoms with Crippen molar-refractivity contribution in [2.75, 3.05) is 31.5 Å². The molecular weight excluding hydrogens is 437 g/mol. The van der Waals surface area contributed by atoms with Gasteiger partial charge in [-0.1, -0.05) is 19.6 Å². The van der Waals surface area contributed by atoms with Crippen LogP contribution in [0.4, 0.5) is 10.1 Å². The molecule has 0 saturated heterocycles. The topological polar surface area (TPSA) is 148 Å². The fourth-order valence-electron chi connectivity index (χ4n) is 3.95. The Hall–Kier alpha value is -4.08. The lowest BCUT2D eigenvalue weighted by Gasteiger charge is -2.26. The number of rotatable bonds is 4. The maximum atomic E-state index is 14.7. The van der Waals surface area contributed by atoms with Crippen LogP contribution < -0.4 is 16.8 Å². The molecule has 2 aliphatic heterocycles. The van der Waals surface area contributed by atoms with Crippen molar-refractivity contribution in [1.29, 1.82) is 10.8 Å². The summed E-state index contributed by atoms with van der Waals surface area (Å²) in [4.78, 5) is 16.1. The van der Waals surface area contributed by atoms with Crippen molar-refractivity contribution in [2.45, 2.75) is 20.3 Å². The summed E-state index contributed by atoms with van der Waals surface area (Å²) in [7, 11) is 0. The fraction of sp³-hybridized carbons (Fsp3) is 0.292. The predicted molar refractivity (Wildman–Crippen MR) is 132 cm³/mol. The van der Waals surface area contributed by atoms with Gasteiger partial charge in [0.2, 0.25) is 0 Å². The van der Waals surface area contributed by atoms with E-state index in [-0.39, 0.29) is 25.1 Å². The second-order valence-electron chi connectivity index (χ2n) is 7.97. The van der Waals surface area contributed by atoms with E-state index in [0.717, 1.165) is 16.7 Å². The molecule has 0 atom stereocenters. The number of anilines is 1. The molecule has 0 unspecified atom stereocenters. The molecule has 0 spiro atoms. The van der Waals surface area contributed by atoms with Crippen LogP contribution in [0.3, 0.4) is 0 Å². The zero-order chi connectivity index (χ0) is 23.5. The second-order valence-corrected chi connectivity index (χ2v) is 7.97. The van der Waals surface area contributed by atoms with Crippen molar-refractivity contribution in [2.24, 2.45) is 11.5 Å². The zero-order valence-corrected chi connectivity index (χ0v) is 18.0. The molecule has 34 heavy (non-hydrogen) atoms. The molecule has 0 saturated carbocycles. The van der Waals surface area contributed by atoms with Crippen LogP contribution in [0.1, 0.15) is 41.9 Å². The number of guanidine groups is 2. The summed E-state index contributed by atoms with van der Waals surface area (Å²) < 4.78 is 20.2. The second kappa shape index (κ2) is 10.2. The molecular formula is C24H30FN7O2. The molecule has 3 heterocycles. The number of nitrogens with two attached hydrogens (primary N) is 2. The highest BCUT2D eigenvalue weighted by molar-refractivity contribution is 6.02. The van der Waals surface area contributed by atoms with Crippen molar-refractivity contribution in [3.8, 4) is 0 Å². The molecule has 0 fully saturated rings. The Morgan fingerprint density at radius 3 is 2.15 bits per heavy atom. The number of hydrogen-bond acceptors (Lipinski definition) is 4. The van der Waals surface area contributed by atoms with Crippen LogP contribution in [-0.4, -0.2) is 53.8 Å². The molecule has 1 aromatic heterocycles. The van der Waals surface area contributed by atoms with Crippen LogP contribution in [0.2, 0.25) is 0 Å². The number of nitrogens with zero attached hydrogens (tertiary/aromatic N) is 2. The maximum absolute atomic E-state index is 14.7. The van der Waals surface area contributed by atoms with Crippen LogP contribution in [0.15, 0.2) is 47.1 Å². The molecule has 180 valence electrons. The number of nitrogens with one attached hydrogen (secondary N) is 3. The average Bonchev–Trinajstić information content (AvgIpc) is 3.30. The van der Waals surface area contributed by atoms with Gasteiger partial charge in [-0.25, -0.2) is 4.39 Å². The number of amides is 1. The van der Waals surface area contributed by atoms with Crippen molar-refractivity contribution in [3.05, 3.63) is 65.4 Å². The van der Waals surface area contributed by atoms with Gasteiger partial charge in [-0.15, -0.1) is 0 Å². The predicted octanol–water partition coefficient (Wildman–Crippen LogP) is 3.27. The van der Waals surface area contributed by atoms with E-state index in [4.69, 9.17) is 26.7 Å². The number of carbonyl (C=O) groups is 1. The van der Waals surface area contributed by atoms with E-state index in [1.54, 1.807) is 28.0 Å². The first-order valence-corrected chi connectivity index (χ1v) is 10.6. The van der Waals surface area contributed by atoms with E-state index in [9.17, 15) is 9.18 Å². The molecule has 1 amide bonds. The van der Waals surface area contributed by atoms with Crippen LogP contribution in [-0.2, 0) is 0 Å². The van der Waals surface area contributed by atoms with Crippen molar-refractivity contribution in [3.63, 3.8) is 0 Å². The Labute approximate surface area is 197 Å². The number of halogens is 1. The lowest BCUT2D eigenvalue weighted by molar-refractivity contribution is 0.0996. The van der Waals surface area contributed by atoms with Crippen molar-refractivity contribution >= 4 is 34.7 Å². The van der Waals surface area contributed by atoms with Crippen molar-refractivity contribution in [1.82, 2.24) is 9.80 Å². The zero-order valence-electron chi connectivity index (χ0n) is 18.0. The summed E-state index contributed by atoms with van der Waals surface area (Å²) in [5.41, 5.74) is 14.5. The van der Waals surface area contributed by atoms with Gasteiger partial charge in [0.1, 0.15) is 5.82 Å². The van der Waals surface area contributed by atoms with Gasteiger partial charge < -0.3 is 31.0 Å². The first-order chi connectivity index (χ1) is 15.8. The average molecular weight is 468 g/mol. The molecule has 2 aromatic rings. The minimum Gasteiger partial charge on any atom is -0.459 e. The van der Waals surface area contributed by atoms with Gasteiger partial charge in [0.15, 0.2) is 17.7 Å². The first kappa shape index (κ1) is 24.6. The maximum Gasteiger partial charge on any atom is 0.291 e. The summed E-state index contributed by atoms with van der Waals surface area (Å²) in [6.45, 7) is 2.19. The Morgan fingerprint density at radius 2 is 1.62 bits per heavy atom. The van der Waals surface area contributed by atoms with Gasteiger partial charge in [0, 0.05) is 43.0 Å². The minimum atomic E-state index is -0.468. The third kappa shape index (κ3) is 5.28. The Morgan fingerprint density at radius 1 is 1.00 bits per heavy atom. The number of hydrogen-bond donors (Lipinski definition) is 5. The van der Waals surface area contributed by atoms with Gasteiger partial charge in [-0.05, 0) is 48.3 Å². The molecule has 7 N–H and O–H groups in total. The van der Waals surface area contributed by atoms with Crippen LogP contribution >= 0.6 is 0 Å². The highest BCUT2D eigenvalue weighted by atomic mass is 19.1. The summed E-state index contributed by atoms with van der Waals surface area (Å²) in [5, 5.41) is 17.7. The Balaban J connectivity index is 0.00000324. The van der Waals surface area contributed by atoms with Gasteiger partial charge in [-0.2, -0.15) is 0 Å². The Kier molecular flexibility index (Phi) is 7.40. The monoisotopic (exact) mass is 467 g/mol. The molecule has 0 aliphatic carbocycles. The fourth-order valence-corrected chi connectivity index (χ4v) is 3.95. The highest BCUT2D eigenvalue weighted by Crippen LogP contribution is 2.28. The summed E-state index contributed by atoms with van der Waals surface area (Å²) in [5.74, 6) is -0.734. The standard InChI is InChI=1S/C23H26FN7O2.CH4/c24-19-12-17(1-2-18(19)15-5-9-31(10-6-15)23(27)28)29-21(32)20-11-16(13-33-20)14-3-7-30(8-4-14)22(25)26;/h1-3,5,11-13H,4,6-10H2,(H3,25,26)(H3,27,28)(H,29,32);1H4. The van der Waals surface area contributed by atoms with Crippen LogP contribution in [0, 0.1) is 16.6 Å². The normalized spacial score (nSPS) is 15.7. The van der Waals surface area contributed by atoms with E-state index in [1.807, 2.05) is 12.2 Å². The highest BCUT2D eigenvalue weighted by Gasteiger charge is 2.19. The molecule has 4 rings (SSSR count). The van der Waals surface area contributed by atoms with Gasteiger partial charge in [0.25, 0.3) is 5.91 Å². The summed E-state index contributed by atoms with van der Waals surface area (Å²) in [6.07, 6.45) is 6.61. The third-order valence-electron chi connectivity index (χ3n) is 5.87. The molecule has 10 heteroatoms. The number of carbonyl (C=O) groups excluding carboxylic acids is 1. The third-order valence-corrected chi connectivity index (χ3v) is 5.87. The van der Waals surface area contributed by atoms with E-state index in [2.05, 4.69) is 5.32 Å². The van der Waals surface area contributed by atoms with Crippen LogP contribution in [0.25, 0.3) is 11.1 Å². The van der Waals surface area contributed by atoms with Gasteiger partial charge in [0.05, 0.1) is 6.26 Å². The van der Waals surface area contributed by atoms with Gasteiger partial charge in [-0.3, -0.25) is 15.6 Å². The molecule has 9 nitrogen and oxygen atoms in total. The minimum absolute atomic E-state index is 0. The lowest BCUT2D eigenvalue weighted by atomic mass is 9.98. The summed E-state index contributed by atoms with van der Waals surface area (Å²) >= 11 is 0. The molecule has 1 aromatic carbocycles.